The molecule has 2 fully saturated rings. The molecule has 0 N–H and O–H groups in total. The van der Waals surface area contributed by atoms with Gasteiger partial charge in [-0.1, -0.05) is 19.1 Å². The third-order valence-electron chi connectivity index (χ3n) is 7.03. The number of likely N-dealkylation sites (tertiary alicyclic amines) is 2. The van der Waals surface area contributed by atoms with Gasteiger partial charge in [0.15, 0.2) is 0 Å². The molecule has 2 aromatic rings. The van der Waals surface area contributed by atoms with Crippen LogP contribution >= 0.6 is 0 Å². The largest absolute Gasteiger partial charge is 0.416 e. The van der Waals surface area contributed by atoms with Gasteiger partial charge in [-0.25, -0.2) is 0 Å². The highest BCUT2D eigenvalue weighted by Gasteiger charge is 2.31. The average Bonchev–Trinajstić information content (AvgIpc) is 2.79. The molecule has 0 bridgehead atoms. The Morgan fingerprint density at radius 2 is 1.61 bits per heavy atom. The normalized spacial score (nSPS) is 19.1. The van der Waals surface area contributed by atoms with Crippen molar-refractivity contribution < 1.29 is 18.0 Å². The molecular weight excluding hydrogens is 427 g/mol. The van der Waals surface area contributed by atoms with E-state index in [9.17, 15) is 18.0 Å². The highest BCUT2D eigenvalue weighted by Crippen LogP contribution is 2.32. The quantitative estimate of drug-likeness (QED) is 0.592. The Bertz CT molecular complexity index is 958. The number of hydrogen-bond acceptors (Lipinski definition) is 3. The third kappa shape index (κ3) is 5.75. The number of carbonyl (C=O) groups is 1. The Balaban J connectivity index is 1.40. The fourth-order valence-corrected chi connectivity index (χ4v) is 4.87. The van der Waals surface area contributed by atoms with E-state index in [1.165, 1.54) is 0 Å². The fourth-order valence-electron chi connectivity index (χ4n) is 4.87. The molecule has 33 heavy (non-hydrogen) atoms. The molecular formula is C26H32F3N3O. The van der Waals surface area contributed by atoms with E-state index >= 15 is 0 Å². The zero-order chi connectivity index (χ0) is 23.6. The van der Waals surface area contributed by atoms with Crippen LogP contribution in [0.2, 0.25) is 0 Å². The monoisotopic (exact) mass is 459 g/mol. The molecule has 1 amide bonds. The molecule has 2 aliphatic rings. The molecule has 1 aromatic carbocycles. The first-order chi connectivity index (χ1) is 15.7. The van der Waals surface area contributed by atoms with Gasteiger partial charge in [-0.15, -0.1) is 0 Å². The molecule has 3 heterocycles. The summed E-state index contributed by atoms with van der Waals surface area (Å²) in [6.45, 7) is 8.09. The second kappa shape index (κ2) is 9.84. The number of nitrogens with zero attached hydrogens (tertiary/aromatic N) is 3. The number of pyridine rings is 1. The van der Waals surface area contributed by atoms with Crippen molar-refractivity contribution in [3.63, 3.8) is 0 Å². The van der Waals surface area contributed by atoms with Gasteiger partial charge in [-0.2, -0.15) is 13.2 Å². The van der Waals surface area contributed by atoms with E-state index in [2.05, 4.69) is 11.8 Å². The molecule has 2 aliphatic heterocycles. The SMILES string of the molecule is Cc1ccc(C(=O)N2CCC(C)CC2)c(C2CCN(Cc3ccc(C(F)(F)F)cc3)CC2)n1. The first-order valence-corrected chi connectivity index (χ1v) is 11.9. The van der Waals surface area contributed by atoms with Gasteiger partial charge in [0, 0.05) is 31.2 Å². The van der Waals surface area contributed by atoms with Crippen molar-refractivity contribution in [3.8, 4) is 0 Å². The Labute approximate surface area is 193 Å². The summed E-state index contributed by atoms with van der Waals surface area (Å²) in [7, 11) is 0. The Morgan fingerprint density at radius 1 is 0.970 bits per heavy atom. The van der Waals surface area contributed by atoms with E-state index in [0.29, 0.717) is 12.5 Å². The van der Waals surface area contributed by atoms with E-state index in [1.54, 1.807) is 12.1 Å². The van der Waals surface area contributed by atoms with Crippen molar-refractivity contribution in [2.75, 3.05) is 26.2 Å². The van der Waals surface area contributed by atoms with Gasteiger partial charge in [-0.3, -0.25) is 14.7 Å². The molecule has 0 spiro atoms. The van der Waals surface area contributed by atoms with Crippen LogP contribution in [0.4, 0.5) is 13.2 Å². The summed E-state index contributed by atoms with van der Waals surface area (Å²) >= 11 is 0. The smallest absolute Gasteiger partial charge is 0.339 e. The van der Waals surface area contributed by atoms with Gasteiger partial charge in [0.25, 0.3) is 5.91 Å². The maximum absolute atomic E-state index is 13.3. The molecule has 4 nitrogen and oxygen atoms in total. The molecule has 2 saturated heterocycles. The topological polar surface area (TPSA) is 36.4 Å². The van der Waals surface area contributed by atoms with Gasteiger partial charge in [0.2, 0.25) is 0 Å². The van der Waals surface area contributed by atoms with Gasteiger partial charge >= 0.3 is 6.18 Å². The zero-order valence-corrected chi connectivity index (χ0v) is 19.4. The van der Waals surface area contributed by atoms with E-state index in [-0.39, 0.29) is 11.8 Å². The maximum Gasteiger partial charge on any atom is 0.416 e. The number of aromatic nitrogens is 1. The van der Waals surface area contributed by atoms with Gasteiger partial charge in [0.05, 0.1) is 16.8 Å². The number of piperidine rings is 2. The van der Waals surface area contributed by atoms with Crippen LogP contribution in [-0.4, -0.2) is 46.9 Å². The van der Waals surface area contributed by atoms with E-state index in [0.717, 1.165) is 86.5 Å². The van der Waals surface area contributed by atoms with Gasteiger partial charge in [-0.05, 0) is 81.4 Å². The lowest BCUT2D eigenvalue weighted by molar-refractivity contribution is -0.137. The second-order valence-corrected chi connectivity index (χ2v) is 9.61. The molecule has 0 aliphatic carbocycles. The summed E-state index contributed by atoms with van der Waals surface area (Å²) in [6, 6.07) is 9.28. The molecule has 7 heteroatoms. The number of hydrogen-bond donors (Lipinski definition) is 0. The number of alkyl halides is 3. The van der Waals surface area contributed by atoms with Crippen LogP contribution in [0.25, 0.3) is 0 Å². The Morgan fingerprint density at radius 3 is 2.21 bits per heavy atom. The summed E-state index contributed by atoms with van der Waals surface area (Å²) < 4.78 is 38.4. The van der Waals surface area contributed by atoms with Crippen LogP contribution in [0.3, 0.4) is 0 Å². The van der Waals surface area contributed by atoms with Crippen molar-refractivity contribution in [3.05, 3.63) is 64.5 Å². The molecule has 0 atom stereocenters. The van der Waals surface area contributed by atoms with E-state index in [1.807, 2.05) is 24.0 Å². The van der Waals surface area contributed by atoms with E-state index < -0.39 is 11.7 Å². The minimum atomic E-state index is -4.31. The van der Waals surface area contributed by atoms with Crippen molar-refractivity contribution >= 4 is 5.91 Å². The fraction of sp³-hybridized carbons (Fsp3) is 0.538. The molecule has 178 valence electrons. The van der Waals surface area contributed by atoms with Gasteiger partial charge in [0.1, 0.15) is 0 Å². The summed E-state index contributed by atoms with van der Waals surface area (Å²) in [5.74, 6) is 0.978. The van der Waals surface area contributed by atoms with Crippen molar-refractivity contribution in [2.45, 2.75) is 58.2 Å². The summed E-state index contributed by atoms with van der Waals surface area (Å²) in [6.07, 6.45) is -0.451. The number of amides is 1. The Kier molecular flexibility index (Phi) is 7.07. The van der Waals surface area contributed by atoms with E-state index in [4.69, 9.17) is 4.98 Å². The molecule has 4 rings (SSSR count). The molecule has 0 saturated carbocycles. The minimum absolute atomic E-state index is 0.0941. The lowest BCUT2D eigenvalue weighted by Gasteiger charge is -2.34. The number of aryl methyl sites for hydroxylation is 1. The lowest BCUT2D eigenvalue weighted by atomic mass is 9.89. The van der Waals surface area contributed by atoms with Crippen LogP contribution < -0.4 is 0 Å². The summed E-state index contributed by atoms with van der Waals surface area (Å²) in [5.41, 5.74) is 2.83. The lowest BCUT2D eigenvalue weighted by Crippen LogP contribution is -2.39. The number of carbonyl (C=O) groups excluding carboxylic acids is 1. The maximum atomic E-state index is 13.3. The third-order valence-corrected chi connectivity index (χ3v) is 7.03. The first kappa shape index (κ1) is 23.7. The second-order valence-electron chi connectivity index (χ2n) is 9.61. The summed E-state index contributed by atoms with van der Waals surface area (Å²) in [5, 5.41) is 0. The average molecular weight is 460 g/mol. The van der Waals surface area contributed by atoms with Crippen molar-refractivity contribution in [1.29, 1.82) is 0 Å². The first-order valence-electron chi connectivity index (χ1n) is 11.9. The highest BCUT2D eigenvalue weighted by molar-refractivity contribution is 5.95. The number of halogens is 3. The van der Waals surface area contributed by atoms with Crippen LogP contribution in [0.5, 0.6) is 0 Å². The summed E-state index contributed by atoms with van der Waals surface area (Å²) in [4.78, 5) is 22.3. The molecule has 1 aromatic heterocycles. The Hall–Kier alpha value is -2.41. The number of benzene rings is 1. The van der Waals surface area contributed by atoms with Crippen LogP contribution in [-0.2, 0) is 12.7 Å². The van der Waals surface area contributed by atoms with Crippen molar-refractivity contribution in [1.82, 2.24) is 14.8 Å². The predicted octanol–water partition coefficient (Wildman–Crippen LogP) is 5.66. The van der Waals surface area contributed by atoms with Crippen LogP contribution in [0.15, 0.2) is 36.4 Å². The van der Waals surface area contributed by atoms with Crippen LogP contribution in [0.1, 0.15) is 71.4 Å². The highest BCUT2D eigenvalue weighted by atomic mass is 19.4. The molecule has 0 radical (unpaired) electrons. The van der Waals surface area contributed by atoms with Crippen LogP contribution in [0, 0.1) is 12.8 Å². The standard InChI is InChI=1S/C26H32F3N3O/c1-18-9-15-32(16-10-18)25(33)23-8-3-19(2)30-24(23)21-11-13-31(14-12-21)17-20-4-6-22(7-5-20)26(27,28)29/h3-8,18,21H,9-17H2,1-2H3. The number of rotatable bonds is 4. The minimum Gasteiger partial charge on any atom is -0.339 e. The van der Waals surface area contributed by atoms with Gasteiger partial charge < -0.3 is 4.90 Å². The zero-order valence-electron chi connectivity index (χ0n) is 19.4. The predicted molar refractivity (Wildman–Crippen MR) is 122 cm³/mol. The van der Waals surface area contributed by atoms with Crippen molar-refractivity contribution in [2.24, 2.45) is 5.92 Å². The molecule has 0 unspecified atom stereocenters.